The molecule has 90 valence electrons. The fourth-order valence-electron chi connectivity index (χ4n) is 0.767. The maximum atomic E-state index is 2.24. The summed E-state index contributed by atoms with van der Waals surface area (Å²) in [6.45, 7) is 0. The predicted molar refractivity (Wildman–Crippen MR) is 94.7 cm³/mol. The van der Waals surface area contributed by atoms with Gasteiger partial charge in [-0.25, -0.2) is 0 Å². The minimum absolute atomic E-state index is 1.18. The van der Waals surface area contributed by atoms with Gasteiger partial charge in [-0.2, -0.15) is 0 Å². The molecule has 0 spiro atoms. The van der Waals surface area contributed by atoms with Crippen LogP contribution in [0.4, 0.5) is 0 Å². The van der Waals surface area contributed by atoms with Gasteiger partial charge in [0.05, 0.1) is 0 Å². The molecule has 0 aromatic carbocycles. The molecule has 0 unspecified atom stereocenters. The van der Waals surface area contributed by atoms with Crippen LogP contribution in [0.5, 0.6) is 0 Å². The Kier molecular flexibility index (Phi) is 12.9. The van der Waals surface area contributed by atoms with E-state index >= 15 is 0 Å². The van der Waals surface area contributed by atoms with Gasteiger partial charge in [0.2, 0.25) is 0 Å². The van der Waals surface area contributed by atoms with Gasteiger partial charge in [0.15, 0.2) is 0 Å². The van der Waals surface area contributed by atoms with E-state index in [1.165, 1.54) is 18.6 Å². The smallest absolute Gasteiger partial charge is 0.00483 e. The first-order valence-corrected chi connectivity index (χ1v) is 13.6. The summed E-state index contributed by atoms with van der Waals surface area (Å²) in [5, 5.41) is 2.11. The van der Waals surface area contributed by atoms with E-state index in [1.807, 2.05) is 50.1 Å². The minimum Gasteiger partial charge on any atom is -0.0845 e. The van der Waals surface area contributed by atoms with Crippen molar-refractivity contribution in [3.05, 3.63) is 35.8 Å². The molecule has 0 atom stereocenters. The second-order valence-corrected chi connectivity index (χ2v) is 13.8. The highest BCUT2D eigenvalue weighted by Gasteiger charge is 1.94. The molecule has 0 N–H and O–H groups in total. The summed E-state index contributed by atoms with van der Waals surface area (Å²) in [6.07, 6.45) is 13.1. The average molecular weight is 345 g/mol. The van der Waals surface area contributed by atoms with Crippen molar-refractivity contribution in [2.75, 3.05) is 5.75 Å². The Bertz CT molecular complexity index is 212. The molecule has 1 heterocycles. The summed E-state index contributed by atoms with van der Waals surface area (Å²) < 4.78 is 0. The molecular weight excluding hydrogens is 333 g/mol. The van der Waals surface area contributed by atoms with Crippen molar-refractivity contribution >= 4 is 70.7 Å². The highest BCUT2D eigenvalue weighted by molar-refractivity contribution is 9.46. The lowest BCUT2D eigenvalue weighted by Gasteiger charge is -1.98. The first kappa shape index (κ1) is 15.7. The lowest BCUT2D eigenvalue weighted by Crippen LogP contribution is -1.72. The number of hydrogen-bond donors (Lipinski definition) is 0. The van der Waals surface area contributed by atoms with Gasteiger partial charge in [-0.15, -0.1) is 0 Å². The SMILES string of the molecule is C1=C\CCCSSSSSSS/C=C/C=C/1. The Balaban J connectivity index is 2.23. The van der Waals surface area contributed by atoms with Crippen LogP contribution in [0.1, 0.15) is 12.8 Å². The molecule has 7 heteroatoms. The molecular formula is C9H12S7. The Morgan fingerprint density at radius 3 is 2.56 bits per heavy atom. The fourth-order valence-corrected chi connectivity index (χ4v) is 14.3. The quantitative estimate of drug-likeness (QED) is 0.427. The van der Waals surface area contributed by atoms with Crippen LogP contribution in [0.2, 0.25) is 0 Å². The summed E-state index contributed by atoms with van der Waals surface area (Å²) in [5.41, 5.74) is 0. The van der Waals surface area contributed by atoms with Crippen LogP contribution in [-0.2, 0) is 0 Å². The lowest BCUT2D eigenvalue weighted by molar-refractivity contribution is 0.975. The van der Waals surface area contributed by atoms with Gasteiger partial charge in [0.1, 0.15) is 0 Å². The van der Waals surface area contributed by atoms with Crippen molar-refractivity contribution in [3.63, 3.8) is 0 Å². The van der Waals surface area contributed by atoms with Gasteiger partial charge >= 0.3 is 0 Å². The highest BCUT2D eigenvalue weighted by Crippen LogP contribution is 2.55. The molecule has 0 aliphatic carbocycles. The third-order valence-electron chi connectivity index (χ3n) is 1.40. The van der Waals surface area contributed by atoms with Gasteiger partial charge in [-0.1, -0.05) is 52.0 Å². The summed E-state index contributed by atoms with van der Waals surface area (Å²) in [4.78, 5) is 0. The maximum Gasteiger partial charge on any atom is 0.00483 e. The monoisotopic (exact) mass is 344 g/mol. The Hall–Kier alpha value is 1.67. The van der Waals surface area contributed by atoms with Gasteiger partial charge in [0, 0.05) is 5.75 Å². The van der Waals surface area contributed by atoms with Crippen molar-refractivity contribution in [1.29, 1.82) is 0 Å². The van der Waals surface area contributed by atoms with Crippen molar-refractivity contribution in [2.24, 2.45) is 0 Å². The normalized spacial score (nSPS) is 27.0. The number of hydrogen-bond acceptors (Lipinski definition) is 7. The predicted octanol–water partition coefficient (Wildman–Crippen LogP) is 7.03. The lowest BCUT2D eigenvalue weighted by atomic mass is 10.3. The van der Waals surface area contributed by atoms with Crippen molar-refractivity contribution in [3.8, 4) is 0 Å². The van der Waals surface area contributed by atoms with E-state index < -0.39 is 0 Å². The fraction of sp³-hybridized carbons (Fsp3) is 0.333. The third-order valence-corrected chi connectivity index (χ3v) is 14.1. The second-order valence-electron chi connectivity index (χ2n) is 2.54. The van der Waals surface area contributed by atoms with E-state index in [9.17, 15) is 0 Å². The summed E-state index contributed by atoms with van der Waals surface area (Å²) in [5.74, 6) is 1.23. The van der Waals surface area contributed by atoms with Crippen LogP contribution in [0.25, 0.3) is 0 Å². The number of allylic oxidation sites excluding steroid dienone is 5. The molecule has 1 rings (SSSR count). The largest absolute Gasteiger partial charge is 0.0845 e. The van der Waals surface area contributed by atoms with Gasteiger partial charge in [-0.3, -0.25) is 0 Å². The molecule has 0 saturated carbocycles. The molecule has 0 saturated heterocycles. The van der Waals surface area contributed by atoms with Gasteiger partial charge in [0.25, 0.3) is 0 Å². The molecule has 0 amide bonds. The molecule has 0 aromatic heterocycles. The zero-order chi connectivity index (χ0) is 11.3. The summed E-state index contributed by atoms with van der Waals surface area (Å²) >= 11 is 0. The standard InChI is InChI=1S/C9H12S7/c1-2-4-6-8-10-12-14-16-15-13-11-9-7-5-3-1/h1-4,6,8H,5,7,9H2/b3-1-,4-2+,8-6+. The van der Waals surface area contributed by atoms with Gasteiger partial charge in [-0.05, 0) is 67.4 Å². The van der Waals surface area contributed by atoms with E-state index in [4.69, 9.17) is 0 Å². The Morgan fingerprint density at radius 2 is 1.56 bits per heavy atom. The van der Waals surface area contributed by atoms with Crippen LogP contribution in [0.3, 0.4) is 0 Å². The third kappa shape index (κ3) is 10.8. The van der Waals surface area contributed by atoms with E-state index in [0.717, 1.165) is 0 Å². The first-order chi connectivity index (χ1) is 8.00. The minimum atomic E-state index is 1.18. The van der Waals surface area contributed by atoms with E-state index in [0.29, 0.717) is 0 Å². The van der Waals surface area contributed by atoms with E-state index in [1.54, 1.807) is 20.6 Å². The topological polar surface area (TPSA) is 0 Å². The Labute approximate surface area is 124 Å². The molecule has 0 aromatic rings. The second kappa shape index (κ2) is 13.1. The zero-order valence-electron chi connectivity index (χ0n) is 8.44. The summed E-state index contributed by atoms with van der Waals surface area (Å²) in [6, 6.07) is 0. The maximum absolute atomic E-state index is 2.24. The van der Waals surface area contributed by atoms with E-state index in [-0.39, 0.29) is 0 Å². The van der Waals surface area contributed by atoms with Crippen LogP contribution in [0.15, 0.2) is 35.8 Å². The van der Waals surface area contributed by atoms with Gasteiger partial charge < -0.3 is 0 Å². The van der Waals surface area contributed by atoms with Crippen LogP contribution in [0, 0.1) is 0 Å². The highest BCUT2D eigenvalue weighted by atomic mass is 33.9. The summed E-state index contributed by atoms with van der Waals surface area (Å²) in [7, 11) is 12.9. The number of rotatable bonds is 0. The van der Waals surface area contributed by atoms with Crippen LogP contribution < -0.4 is 0 Å². The van der Waals surface area contributed by atoms with Crippen molar-refractivity contribution in [1.82, 2.24) is 0 Å². The van der Waals surface area contributed by atoms with E-state index in [2.05, 4.69) is 35.8 Å². The molecule has 0 radical (unpaired) electrons. The average Bonchev–Trinajstić information content (AvgIpc) is 2.29. The zero-order valence-corrected chi connectivity index (χ0v) is 14.2. The molecule has 0 nitrogen and oxygen atoms in total. The molecule has 1 aliphatic rings. The first-order valence-electron chi connectivity index (χ1n) is 4.60. The Morgan fingerprint density at radius 1 is 0.750 bits per heavy atom. The molecule has 16 heavy (non-hydrogen) atoms. The molecule has 0 fully saturated rings. The van der Waals surface area contributed by atoms with Crippen molar-refractivity contribution in [2.45, 2.75) is 12.8 Å². The van der Waals surface area contributed by atoms with Crippen LogP contribution in [-0.4, -0.2) is 5.75 Å². The molecule has 1 aliphatic heterocycles. The van der Waals surface area contributed by atoms with Crippen molar-refractivity contribution < 1.29 is 0 Å². The molecule has 0 bridgehead atoms. The van der Waals surface area contributed by atoms with Crippen LogP contribution >= 0.6 is 70.7 Å².